The summed E-state index contributed by atoms with van der Waals surface area (Å²) in [6.07, 6.45) is 0. The van der Waals surface area contributed by atoms with Crippen molar-refractivity contribution in [2.24, 2.45) is 0 Å². The number of carbonyl (C=O) groups excluding carboxylic acids is 1. The molecule has 0 unspecified atom stereocenters. The van der Waals surface area contributed by atoms with Crippen molar-refractivity contribution in [3.05, 3.63) is 39.9 Å². The molecule has 0 heterocycles. The lowest BCUT2D eigenvalue weighted by Gasteiger charge is -2.16. The van der Waals surface area contributed by atoms with E-state index in [4.69, 9.17) is 4.74 Å². The number of likely N-dealkylation sites (N-methyl/N-ethyl adjacent to an activating group) is 1. The molecule has 0 spiro atoms. The summed E-state index contributed by atoms with van der Waals surface area (Å²) in [7, 11) is 3.17. The molecule has 1 aromatic carbocycles. The molecule has 0 aliphatic rings. The van der Waals surface area contributed by atoms with Crippen LogP contribution in [0.4, 0.5) is 5.69 Å². The van der Waals surface area contributed by atoms with Gasteiger partial charge in [0, 0.05) is 38.4 Å². The third kappa shape index (κ3) is 3.53. The van der Waals surface area contributed by atoms with Gasteiger partial charge in [-0.15, -0.1) is 0 Å². The normalized spacial score (nSPS) is 10.0. The van der Waals surface area contributed by atoms with Gasteiger partial charge in [-0.3, -0.25) is 14.9 Å². The van der Waals surface area contributed by atoms with E-state index in [1.807, 2.05) is 0 Å². The van der Waals surface area contributed by atoms with Crippen molar-refractivity contribution < 1.29 is 14.5 Å². The number of non-ortho nitro benzene ring substituents is 1. The van der Waals surface area contributed by atoms with Crippen molar-refractivity contribution >= 4 is 11.6 Å². The maximum atomic E-state index is 11.9. The quantitative estimate of drug-likeness (QED) is 0.572. The molecule has 0 atom stereocenters. The van der Waals surface area contributed by atoms with Crippen molar-refractivity contribution in [1.82, 2.24) is 4.90 Å². The van der Waals surface area contributed by atoms with E-state index in [1.165, 1.54) is 23.1 Å². The van der Waals surface area contributed by atoms with Crippen LogP contribution in [0.1, 0.15) is 10.4 Å². The summed E-state index contributed by atoms with van der Waals surface area (Å²) in [6, 6.07) is 5.67. The minimum Gasteiger partial charge on any atom is -0.383 e. The Morgan fingerprint density at radius 2 is 2.24 bits per heavy atom. The van der Waals surface area contributed by atoms with Crippen molar-refractivity contribution in [1.29, 1.82) is 0 Å². The van der Waals surface area contributed by atoms with Crippen LogP contribution in [0.5, 0.6) is 0 Å². The molecular weight excluding hydrogens is 224 g/mol. The smallest absolute Gasteiger partial charge is 0.270 e. The first-order valence-electron chi connectivity index (χ1n) is 5.05. The predicted octanol–water partition coefficient (Wildman–Crippen LogP) is 1.31. The highest BCUT2D eigenvalue weighted by Crippen LogP contribution is 2.14. The molecule has 0 aliphatic heterocycles. The molecule has 6 nitrogen and oxygen atoms in total. The van der Waals surface area contributed by atoms with Gasteiger partial charge in [0.1, 0.15) is 0 Å². The molecule has 1 aromatic rings. The number of hydrogen-bond acceptors (Lipinski definition) is 4. The number of amides is 1. The predicted molar refractivity (Wildman–Crippen MR) is 61.9 cm³/mol. The van der Waals surface area contributed by atoms with Crippen LogP contribution in [0.15, 0.2) is 24.3 Å². The second-order valence-corrected chi connectivity index (χ2v) is 3.53. The number of rotatable bonds is 5. The zero-order valence-corrected chi connectivity index (χ0v) is 9.75. The first-order chi connectivity index (χ1) is 8.06. The van der Waals surface area contributed by atoms with E-state index in [-0.39, 0.29) is 11.6 Å². The average molecular weight is 238 g/mol. The van der Waals surface area contributed by atoms with Gasteiger partial charge in [0.25, 0.3) is 11.6 Å². The first kappa shape index (κ1) is 13.1. The number of nitro groups is 1. The summed E-state index contributed by atoms with van der Waals surface area (Å²) in [4.78, 5) is 23.4. The van der Waals surface area contributed by atoms with Gasteiger partial charge in [0.15, 0.2) is 0 Å². The molecule has 1 rings (SSSR count). The van der Waals surface area contributed by atoms with Crippen LogP contribution in [0.3, 0.4) is 0 Å². The second-order valence-electron chi connectivity index (χ2n) is 3.53. The molecule has 0 saturated carbocycles. The summed E-state index contributed by atoms with van der Waals surface area (Å²) in [5.74, 6) is -0.259. The van der Waals surface area contributed by atoms with Gasteiger partial charge in [0.05, 0.1) is 11.5 Å². The van der Waals surface area contributed by atoms with Gasteiger partial charge >= 0.3 is 0 Å². The van der Waals surface area contributed by atoms with E-state index in [1.54, 1.807) is 20.2 Å². The van der Waals surface area contributed by atoms with Gasteiger partial charge in [-0.2, -0.15) is 0 Å². The number of carbonyl (C=O) groups is 1. The summed E-state index contributed by atoms with van der Waals surface area (Å²) >= 11 is 0. The van der Waals surface area contributed by atoms with Gasteiger partial charge < -0.3 is 9.64 Å². The van der Waals surface area contributed by atoms with Crippen molar-refractivity contribution in [3.63, 3.8) is 0 Å². The molecule has 0 aliphatic carbocycles. The van der Waals surface area contributed by atoms with Crippen molar-refractivity contribution in [2.75, 3.05) is 27.3 Å². The Labute approximate surface area is 98.9 Å². The molecule has 0 N–H and O–H groups in total. The van der Waals surface area contributed by atoms with Gasteiger partial charge in [0.2, 0.25) is 0 Å². The lowest BCUT2D eigenvalue weighted by atomic mass is 10.2. The summed E-state index contributed by atoms with van der Waals surface area (Å²) in [5, 5.41) is 10.6. The molecule has 0 radical (unpaired) electrons. The summed E-state index contributed by atoms with van der Waals surface area (Å²) < 4.78 is 4.86. The zero-order chi connectivity index (χ0) is 12.8. The Morgan fingerprint density at radius 1 is 1.53 bits per heavy atom. The van der Waals surface area contributed by atoms with Crippen LogP contribution in [-0.2, 0) is 4.74 Å². The largest absolute Gasteiger partial charge is 0.383 e. The summed E-state index contributed by atoms with van der Waals surface area (Å²) in [6.45, 7) is 0.870. The fraction of sp³-hybridized carbons (Fsp3) is 0.364. The number of nitrogens with zero attached hydrogens (tertiary/aromatic N) is 2. The van der Waals surface area contributed by atoms with Crippen molar-refractivity contribution in [3.8, 4) is 0 Å². The molecule has 1 amide bonds. The third-order valence-electron chi connectivity index (χ3n) is 2.28. The van der Waals surface area contributed by atoms with Gasteiger partial charge in [-0.25, -0.2) is 0 Å². The SMILES string of the molecule is COCCN(C)C(=O)c1cccc([N+](=O)[O-])c1. The number of methoxy groups -OCH3 is 1. The highest BCUT2D eigenvalue weighted by molar-refractivity contribution is 5.94. The maximum absolute atomic E-state index is 11.9. The summed E-state index contributed by atoms with van der Waals surface area (Å²) in [5.41, 5.74) is 0.216. The molecule has 0 saturated heterocycles. The van der Waals surface area contributed by atoms with Crippen LogP contribution in [0, 0.1) is 10.1 Å². The number of nitro benzene ring substituents is 1. The van der Waals surface area contributed by atoms with Crippen LogP contribution >= 0.6 is 0 Å². The van der Waals surface area contributed by atoms with E-state index in [9.17, 15) is 14.9 Å². The fourth-order valence-electron chi connectivity index (χ4n) is 1.30. The molecule has 92 valence electrons. The number of hydrogen-bond donors (Lipinski definition) is 0. The Morgan fingerprint density at radius 3 is 2.82 bits per heavy atom. The standard InChI is InChI=1S/C11H14N2O4/c1-12(6-7-17-2)11(14)9-4-3-5-10(8-9)13(15)16/h3-5,8H,6-7H2,1-2H3. The fourth-order valence-corrected chi connectivity index (χ4v) is 1.30. The van der Waals surface area contributed by atoms with E-state index < -0.39 is 4.92 Å². The Balaban J connectivity index is 2.81. The van der Waals surface area contributed by atoms with Crippen molar-refractivity contribution in [2.45, 2.75) is 0 Å². The molecule has 0 bridgehead atoms. The molecular formula is C11H14N2O4. The minimum atomic E-state index is -0.522. The lowest BCUT2D eigenvalue weighted by molar-refractivity contribution is -0.384. The van der Waals surface area contributed by atoms with Gasteiger partial charge in [-0.1, -0.05) is 6.07 Å². The maximum Gasteiger partial charge on any atom is 0.270 e. The van der Waals surface area contributed by atoms with Crippen LogP contribution in [0.25, 0.3) is 0 Å². The Hall–Kier alpha value is -1.95. The van der Waals surface area contributed by atoms with Gasteiger partial charge in [-0.05, 0) is 6.07 Å². The Kier molecular flexibility index (Phi) is 4.59. The molecule has 0 aromatic heterocycles. The lowest BCUT2D eigenvalue weighted by Crippen LogP contribution is -2.29. The average Bonchev–Trinajstić information content (AvgIpc) is 2.35. The molecule has 0 fully saturated rings. The van der Waals surface area contributed by atoms with E-state index in [2.05, 4.69) is 0 Å². The Bertz CT molecular complexity index is 420. The van der Waals surface area contributed by atoms with Crippen LogP contribution < -0.4 is 0 Å². The van der Waals surface area contributed by atoms with E-state index >= 15 is 0 Å². The monoisotopic (exact) mass is 238 g/mol. The molecule has 6 heteroatoms. The third-order valence-corrected chi connectivity index (χ3v) is 2.28. The topological polar surface area (TPSA) is 72.7 Å². The number of benzene rings is 1. The zero-order valence-electron chi connectivity index (χ0n) is 9.75. The minimum absolute atomic E-state index is 0.0870. The van der Waals surface area contributed by atoms with Crippen LogP contribution in [0.2, 0.25) is 0 Å². The van der Waals surface area contributed by atoms with E-state index in [0.29, 0.717) is 18.7 Å². The second kappa shape index (κ2) is 5.95. The number of ether oxygens (including phenoxy) is 1. The first-order valence-corrected chi connectivity index (χ1v) is 5.05. The highest BCUT2D eigenvalue weighted by Gasteiger charge is 2.14. The van der Waals surface area contributed by atoms with Crippen LogP contribution in [-0.4, -0.2) is 43.0 Å². The highest BCUT2D eigenvalue weighted by atomic mass is 16.6. The van der Waals surface area contributed by atoms with E-state index in [0.717, 1.165) is 0 Å². The molecule has 17 heavy (non-hydrogen) atoms.